The molecule has 19 heavy (non-hydrogen) atoms. The van der Waals surface area contributed by atoms with Crippen LogP contribution in [0.3, 0.4) is 0 Å². The molecule has 0 heterocycles. The van der Waals surface area contributed by atoms with Gasteiger partial charge in [0, 0.05) is 11.1 Å². The number of benzene rings is 1. The highest BCUT2D eigenvalue weighted by Gasteiger charge is 2.28. The maximum absolute atomic E-state index is 12.1. The van der Waals surface area contributed by atoms with Gasteiger partial charge in [-0.25, -0.2) is 0 Å². The fraction of sp³-hybridized carbons (Fsp3) is 0.538. The number of rotatable bonds is 6. The average Bonchev–Trinajstić information content (AvgIpc) is 2.34. The first kappa shape index (κ1) is 16.3. The summed E-state index contributed by atoms with van der Waals surface area (Å²) in [5.41, 5.74) is 6.63. The van der Waals surface area contributed by atoms with E-state index in [1.54, 1.807) is 24.3 Å². The van der Waals surface area contributed by atoms with Crippen LogP contribution in [0.5, 0.6) is 0 Å². The molecule has 0 bridgehead atoms. The van der Waals surface area contributed by atoms with Gasteiger partial charge in [-0.05, 0) is 24.1 Å². The first-order valence-corrected chi connectivity index (χ1v) is 6.40. The highest BCUT2D eigenvalue weighted by molar-refractivity contribution is 6.30. The van der Waals surface area contributed by atoms with Crippen LogP contribution >= 0.6 is 11.6 Å². The third-order valence-corrected chi connectivity index (χ3v) is 2.99. The summed E-state index contributed by atoms with van der Waals surface area (Å²) in [5, 5.41) is 0.558. The summed E-state index contributed by atoms with van der Waals surface area (Å²) in [5.74, 6) is 0. The molecule has 2 unspecified atom stereocenters. The summed E-state index contributed by atoms with van der Waals surface area (Å²) in [6.07, 6.45) is -5.14. The van der Waals surface area contributed by atoms with Crippen molar-refractivity contribution in [2.24, 2.45) is 5.73 Å². The van der Waals surface area contributed by atoms with E-state index in [9.17, 15) is 13.2 Å². The van der Waals surface area contributed by atoms with Gasteiger partial charge in [0.25, 0.3) is 0 Å². The van der Waals surface area contributed by atoms with Crippen molar-refractivity contribution in [3.63, 3.8) is 0 Å². The molecular formula is C13H17ClF3NO. The molecule has 2 nitrogen and oxygen atoms in total. The van der Waals surface area contributed by atoms with Crippen molar-refractivity contribution < 1.29 is 17.9 Å². The van der Waals surface area contributed by atoms with Crippen molar-refractivity contribution in [1.29, 1.82) is 0 Å². The van der Waals surface area contributed by atoms with Crippen LogP contribution in [0.15, 0.2) is 24.3 Å². The molecule has 0 radical (unpaired) electrons. The number of alkyl halides is 3. The predicted molar refractivity (Wildman–Crippen MR) is 69.1 cm³/mol. The number of hydrogen-bond donors (Lipinski definition) is 1. The molecule has 2 N–H and O–H groups in total. The van der Waals surface area contributed by atoms with Crippen molar-refractivity contribution in [1.82, 2.24) is 0 Å². The predicted octanol–water partition coefficient (Wildman–Crippen LogP) is 4.09. The van der Waals surface area contributed by atoms with Crippen LogP contribution in [0.1, 0.15) is 31.4 Å². The molecule has 6 heteroatoms. The maximum Gasteiger partial charge on any atom is 0.391 e. The van der Waals surface area contributed by atoms with Crippen LogP contribution in [0.4, 0.5) is 13.2 Å². The smallest absolute Gasteiger partial charge is 0.372 e. The molecule has 0 aliphatic carbocycles. The minimum Gasteiger partial charge on any atom is -0.372 e. The van der Waals surface area contributed by atoms with Crippen molar-refractivity contribution in [3.8, 4) is 0 Å². The quantitative estimate of drug-likeness (QED) is 0.858. The Morgan fingerprint density at radius 3 is 2.32 bits per heavy atom. The molecule has 1 aromatic carbocycles. The van der Waals surface area contributed by atoms with Crippen LogP contribution in [-0.2, 0) is 4.74 Å². The molecular weight excluding hydrogens is 279 g/mol. The Labute approximate surface area is 115 Å². The lowest BCUT2D eigenvalue weighted by Crippen LogP contribution is -2.30. The summed E-state index contributed by atoms with van der Waals surface area (Å²) in [6, 6.07) is 6.42. The molecule has 108 valence electrons. The second kappa shape index (κ2) is 7.12. The topological polar surface area (TPSA) is 35.2 Å². The second-order valence-corrected chi connectivity index (χ2v) is 4.72. The van der Waals surface area contributed by atoms with Gasteiger partial charge in [0.2, 0.25) is 0 Å². The highest BCUT2D eigenvalue weighted by atomic mass is 35.5. The number of halogens is 4. The average molecular weight is 296 g/mol. The van der Waals surface area contributed by atoms with E-state index in [1.807, 2.05) is 6.92 Å². The lowest BCUT2D eigenvalue weighted by Gasteiger charge is -2.24. The van der Waals surface area contributed by atoms with Gasteiger partial charge in [0.1, 0.15) is 0 Å². The first-order chi connectivity index (χ1) is 8.83. The number of ether oxygens (including phenoxy) is 1. The SMILES string of the molecule is CCC(N)C(OCCC(F)(F)F)c1ccc(Cl)cc1. The van der Waals surface area contributed by atoms with Gasteiger partial charge in [-0.15, -0.1) is 0 Å². The minimum absolute atomic E-state index is 0.352. The van der Waals surface area contributed by atoms with Crippen LogP contribution in [-0.4, -0.2) is 18.8 Å². The molecule has 0 aromatic heterocycles. The van der Waals surface area contributed by atoms with Gasteiger partial charge in [0.15, 0.2) is 0 Å². The monoisotopic (exact) mass is 295 g/mol. The van der Waals surface area contributed by atoms with E-state index in [0.717, 1.165) is 5.56 Å². The summed E-state index contributed by atoms with van der Waals surface area (Å²) in [6.45, 7) is 1.46. The molecule has 0 spiro atoms. The first-order valence-electron chi connectivity index (χ1n) is 6.03. The Balaban J connectivity index is 2.70. The summed E-state index contributed by atoms with van der Waals surface area (Å²) in [4.78, 5) is 0. The highest BCUT2D eigenvalue weighted by Crippen LogP contribution is 2.26. The standard InChI is InChI=1S/C13H17ClF3NO/c1-2-11(18)12(19-8-7-13(15,16)17)9-3-5-10(14)6-4-9/h3-6,11-12H,2,7-8,18H2,1H3. The largest absolute Gasteiger partial charge is 0.391 e. The van der Waals surface area contributed by atoms with Crippen LogP contribution in [0.2, 0.25) is 5.02 Å². The third kappa shape index (κ3) is 5.80. The summed E-state index contributed by atoms with van der Waals surface area (Å²) >= 11 is 5.77. The van der Waals surface area contributed by atoms with Gasteiger partial charge < -0.3 is 10.5 Å². The molecule has 0 amide bonds. The van der Waals surface area contributed by atoms with Gasteiger partial charge in [-0.1, -0.05) is 30.7 Å². The Hall–Kier alpha value is -0.780. The van der Waals surface area contributed by atoms with E-state index in [-0.39, 0.29) is 6.04 Å². The lowest BCUT2D eigenvalue weighted by molar-refractivity contribution is -0.150. The summed E-state index contributed by atoms with van der Waals surface area (Å²) < 4.78 is 41.7. The Morgan fingerprint density at radius 1 is 1.26 bits per heavy atom. The fourth-order valence-electron chi connectivity index (χ4n) is 1.64. The number of hydrogen-bond acceptors (Lipinski definition) is 2. The van der Waals surface area contributed by atoms with E-state index in [0.29, 0.717) is 11.4 Å². The van der Waals surface area contributed by atoms with Crippen molar-refractivity contribution in [3.05, 3.63) is 34.9 Å². The van der Waals surface area contributed by atoms with Crippen LogP contribution in [0.25, 0.3) is 0 Å². The molecule has 1 aromatic rings. The van der Waals surface area contributed by atoms with Gasteiger partial charge in [0.05, 0.1) is 19.1 Å². The number of nitrogens with two attached hydrogens (primary N) is 1. The van der Waals surface area contributed by atoms with Crippen molar-refractivity contribution in [2.45, 2.75) is 38.1 Å². The molecule has 1 rings (SSSR count). The zero-order valence-corrected chi connectivity index (χ0v) is 11.3. The zero-order chi connectivity index (χ0) is 14.5. The van der Waals surface area contributed by atoms with Gasteiger partial charge in [-0.3, -0.25) is 0 Å². The van der Waals surface area contributed by atoms with Crippen molar-refractivity contribution in [2.75, 3.05) is 6.61 Å². The van der Waals surface area contributed by atoms with E-state index in [1.165, 1.54) is 0 Å². The van der Waals surface area contributed by atoms with E-state index < -0.39 is 25.3 Å². The third-order valence-electron chi connectivity index (χ3n) is 2.74. The molecule has 0 saturated carbocycles. The van der Waals surface area contributed by atoms with Crippen molar-refractivity contribution >= 4 is 11.6 Å². The Morgan fingerprint density at radius 2 is 1.84 bits per heavy atom. The van der Waals surface area contributed by atoms with E-state index in [2.05, 4.69) is 0 Å². The molecule has 0 fully saturated rings. The van der Waals surface area contributed by atoms with Crippen LogP contribution in [0, 0.1) is 0 Å². The molecule has 0 aliphatic rings. The molecule has 0 saturated heterocycles. The van der Waals surface area contributed by atoms with E-state index >= 15 is 0 Å². The minimum atomic E-state index is -4.22. The van der Waals surface area contributed by atoms with Crippen LogP contribution < -0.4 is 5.73 Å². The summed E-state index contributed by atoms with van der Waals surface area (Å²) in [7, 11) is 0. The lowest BCUT2D eigenvalue weighted by atomic mass is 10.0. The van der Waals surface area contributed by atoms with E-state index in [4.69, 9.17) is 22.1 Å². The van der Waals surface area contributed by atoms with Gasteiger partial charge in [-0.2, -0.15) is 13.2 Å². The molecule has 2 atom stereocenters. The maximum atomic E-state index is 12.1. The fourth-order valence-corrected chi connectivity index (χ4v) is 1.76. The molecule has 0 aliphatic heterocycles. The second-order valence-electron chi connectivity index (χ2n) is 4.28. The zero-order valence-electron chi connectivity index (χ0n) is 10.6. The normalized spacial score (nSPS) is 15.3. The van der Waals surface area contributed by atoms with Gasteiger partial charge >= 0.3 is 6.18 Å². The Bertz CT molecular complexity index is 380. The Kier molecular flexibility index (Phi) is 6.10.